The van der Waals surface area contributed by atoms with Crippen LogP contribution in [0.5, 0.6) is 5.75 Å². The highest BCUT2D eigenvalue weighted by Crippen LogP contribution is 2.28. The molecule has 0 aromatic heterocycles. The Morgan fingerprint density at radius 2 is 1.68 bits per heavy atom. The van der Waals surface area contributed by atoms with Gasteiger partial charge in [-0.05, 0) is 48.4 Å². The van der Waals surface area contributed by atoms with Gasteiger partial charge >= 0.3 is 0 Å². The first-order valence-corrected chi connectivity index (χ1v) is 9.99. The Morgan fingerprint density at radius 3 is 2.39 bits per heavy atom. The van der Waals surface area contributed by atoms with Crippen molar-refractivity contribution < 1.29 is 19.1 Å². The van der Waals surface area contributed by atoms with Crippen molar-refractivity contribution in [2.24, 2.45) is 0 Å². The molecule has 0 heterocycles. The molecule has 1 N–H and O–H groups in total. The average Bonchev–Trinajstić information content (AvgIpc) is 3.00. The number of aryl methyl sites for hydroxylation is 1. The molecule has 0 aliphatic heterocycles. The summed E-state index contributed by atoms with van der Waals surface area (Å²) < 4.78 is 5.59. The van der Waals surface area contributed by atoms with Gasteiger partial charge in [0.15, 0.2) is 18.2 Å². The number of Topliss-reactive ketones (excluding diaryl/α,β-unsaturated/α-hetero) is 2. The third kappa shape index (κ3) is 4.42. The number of rotatable bonds is 5. The maximum absolute atomic E-state index is 12.6. The highest BCUT2D eigenvalue weighted by Gasteiger charge is 2.32. The molecule has 0 unspecified atom stereocenters. The number of hydrogen-bond donors (Lipinski definition) is 1. The molecule has 1 amide bonds. The molecule has 5 nitrogen and oxygen atoms in total. The zero-order chi connectivity index (χ0) is 22.0. The molecule has 0 spiro atoms. The van der Waals surface area contributed by atoms with Crippen LogP contribution in [0.15, 0.2) is 72.3 Å². The fourth-order valence-electron chi connectivity index (χ4n) is 3.33. The van der Waals surface area contributed by atoms with Crippen LogP contribution in [-0.4, -0.2) is 24.1 Å². The summed E-state index contributed by atoms with van der Waals surface area (Å²) in [5.74, 6) is -0.458. The zero-order valence-corrected chi connectivity index (χ0v) is 17.4. The van der Waals surface area contributed by atoms with Crippen molar-refractivity contribution in [3.05, 3.63) is 99.6 Å². The minimum Gasteiger partial charge on any atom is -0.484 e. The van der Waals surface area contributed by atoms with Gasteiger partial charge in [0.1, 0.15) is 5.75 Å². The minimum absolute atomic E-state index is 0.118. The normalized spacial score (nSPS) is 12.5. The van der Waals surface area contributed by atoms with Crippen LogP contribution in [0.25, 0.3) is 6.08 Å². The van der Waals surface area contributed by atoms with E-state index in [1.807, 2.05) is 13.0 Å². The number of halogens is 1. The number of ketones is 2. The first kappa shape index (κ1) is 20.6. The fraction of sp³-hybridized carbons (Fsp3) is 0.0800. The Hall–Kier alpha value is -3.70. The molecule has 6 heteroatoms. The topological polar surface area (TPSA) is 72.5 Å². The molecular formula is C25H18ClNO4. The van der Waals surface area contributed by atoms with E-state index in [-0.39, 0.29) is 29.7 Å². The Kier molecular flexibility index (Phi) is 5.69. The number of nitrogens with one attached hydrogen (secondary N) is 1. The molecule has 3 aromatic rings. The van der Waals surface area contributed by atoms with Crippen LogP contribution in [-0.2, 0) is 4.79 Å². The van der Waals surface area contributed by atoms with Gasteiger partial charge in [0, 0.05) is 21.8 Å². The molecule has 3 aromatic carbocycles. The quantitative estimate of drug-likeness (QED) is 0.449. The van der Waals surface area contributed by atoms with Crippen molar-refractivity contribution in [3.63, 3.8) is 0 Å². The Bertz CT molecular complexity index is 1210. The first-order chi connectivity index (χ1) is 14.9. The highest BCUT2D eigenvalue weighted by atomic mass is 35.5. The number of ether oxygens (including phenoxy) is 1. The van der Waals surface area contributed by atoms with Crippen molar-refractivity contribution in [2.75, 3.05) is 11.9 Å². The third-order valence-electron chi connectivity index (χ3n) is 4.92. The van der Waals surface area contributed by atoms with Gasteiger partial charge in [-0.2, -0.15) is 0 Å². The first-order valence-electron chi connectivity index (χ1n) is 9.61. The SMILES string of the molecule is Cc1ccc(Cl)cc1NC(=O)COc1cccc(C=C2C(=O)c3ccccc3C2=O)c1. The number of carbonyl (C=O) groups is 3. The molecule has 1 aliphatic rings. The van der Waals surface area contributed by atoms with Crippen LogP contribution in [0.1, 0.15) is 31.8 Å². The molecular weight excluding hydrogens is 414 g/mol. The maximum atomic E-state index is 12.6. The standard InChI is InChI=1S/C25H18ClNO4/c1-15-9-10-17(26)13-22(15)27-23(28)14-31-18-6-4-5-16(11-18)12-21-24(29)19-7-2-3-8-20(19)25(21)30/h2-13H,14H2,1H3,(H,27,28). The van der Waals surface area contributed by atoms with E-state index in [9.17, 15) is 14.4 Å². The number of allylic oxidation sites excluding steroid dienone is 1. The van der Waals surface area contributed by atoms with Crippen LogP contribution in [0, 0.1) is 6.92 Å². The lowest BCUT2D eigenvalue weighted by Gasteiger charge is -2.10. The van der Waals surface area contributed by atoms with E-state index >= 15 is 0 Å². The predicted octanol–water partition coefficient (Wildman–Crippen LogP) is 5.13. The van der Waals surface area contributed by atoms with E-state index in [4.69, 9.17) is 16.3 Å². The summed E-state index contributed by atoms with van der Waals surface area (Å²) in [6.45, 7) is 1.67. The minimum atomic E-state index is -0.328. The molecule has 154 valence electrons. The van der Waals surface area contributed by atoms with Gasteiger partial charge in [-0.1, -0.05) is 54.1 Å². The number of amides is 1. The zero-order valence-electron chi connectivity index (χ0n) is 16.6. The number of carbonyl (C=O) groups excluding carboxylic acids is 3. The molecule has 1 aliphatic carbocycles. The Morgan fingerprint density at radius 1 is 0.968 bits per heavy atom. The van der Waals surface area contributed by atoms with Crippen LogP contribution in [0.2, 0.25) is 5.02 Å². The largest absolute Gasteiger partial charge is 0.484 e. The average molecular weight is 432 g/mol. The van der Waals surface area contributed by atoms with E-state index in [2.05, 4.69) is 5.32 Å². The summed E-state index contributed by atoms with van der Waals surface area (Å²) in [6, 6.07) is 18.9. The van der Waals surface area contributed by atoms with Crippen LogP contribution in [0.4, 0.5) is 5.69 Å². The third-order valence-corrected chi connectivity index (χ3v) is 5.15. The van der Waals surface area contributed by atoms with Crippen molar-refractivity contribution >= 4 is 40.8 Å². The second-order valence-electron chi connectivity index (χ2n) is 7.13. The van der Waals surface area contributed by atoms with Gasteiger partial charge in [0.2, 0.25) is 0 Å². The summed E-state index contributed by atoms with van der Waals surface area (Å²) >= 11 is 5.97. The van der Waals surface area contributed by atoms with Crippen molar-refractivity contribution in [2.45, 2.75) is 6.92 Å². The summed E-state index contributed by atoms with van der Waals surface area (Å²) in [5.41, 5.74) is 3.09. The molecule has 0 saturated carbocycles. The lowest BCUT2D eigenvalue weighted by molar-refractivity contribution is -0.118. The Balaban J connectivity index is 1.45. The molecule has 0 bridgehead atoms. The van der Waals surface area contributed by atoms with Crippen molar-refractivity contribution in [1.82, 2.24) is 0 Å². The van der Waals surface area contributed by atoms with Crippen LogP contribution < -0.4 is 10.1 Å². The maximum Gasteiger partial charge on any atom is 0.262 e. The van der Waals surface area contributed by atoms with E-state index in [0.29, 0.717) is 33.1 Å². The van der Waals surface area contributed by atoms with Crippen LogP contribution >= 0.6 is 11.6 Å². The number of benzene rings is 3. The molecule has 0 saturated heterocycles. The second kappa shape index (κ2) is 8.58. The fourth-order valence-corrected chi connectivity index (χ4v) is 3.50. The van der Waals surface area contributed by atoms with Gasteiger partial charge in [0.25, 0.3) is 5.91 Å². The molecule has 0 atom stereocenters. The van der Waals surface area contributed by atoms with Gasteiger partial charge in [-0.3, -0.25) is 14.4 Å². The van der Waals surface area contributed by atoms with E-state index in [1.165, 1.54) is 0 Å². The Labute approximate surface area is 184 Å². The highest BCUT2D eigenvalue weighted by molar-refractivity contribution is 6.41. The summed E-state index contributed by atoms with van der Waals surface area (Å²) in [4.78, 5) is 37.4. The molecule has 0 fully saturated rings. The molecule has 0 radical (unpaired) electrons. The van der Waals surface area contributed by atoms with Crippen LogP contribution in [0.3, 0.4) is 0 Å². The van der Waals surface area contributed by atoms with E-state index < -0.39 is 0 Å². The van der Waals surface area contributed by atoms with Gasteiger partial charge < -0.3 is 10.1 Å². The van der Waals surface area contributed by atoms with Crippen molar-refractivity contribution in [1.29, 1.82) is 0 Å². The summed E-state index contributed by atoms with van der Waals surface area (Å²) in [7, 11) is 0. The summed E-state index contributed by atoms with van der Waals surface area (Å²) in [6.07, 6.45) is 1.55. The molecule has 4 rings (SSSR count). The monoisotopic (exact) mass is 431 g/mol. The predicted molar refractivity (Wildman–Crippen MR) is 120 cm³/mol. The second-order valence-corrected chi connectivity index (χ2v) is 7.57. The van der Waals surface area contributed by atoms with E-state index in [1.54, 1.807) is 66.7 Å². The van der Waals surface area contributed by atoms with Crippen molar-refractivity contribution in [3.8, 4) is 5.75 Å². The van der Waals surface area contributed by atoms with Gasteiger partial charge in [-0.15, -0.1) is 0 Å². The lowest BCUT2D eigenvalue weighted by Crippen LogP contribution is -2.20. The van der Waals surface area contributed by atoms with Gasteiger partial charge in [0.05, 0.1) is 5.57 Å². The number of fused-ring (bicyclic) bond motifs is 1. The van der Waals surface area contributed by atoms with Gasteiger partial charge in [-0.25, -0.2) is 0 Å². The molecule has 31 heavy (non-hydrogen) atoms. The smallest absolute Gasteiger partial charge is 0.262 e. The number of anilines is 1. The lowest BCUT2D eigenvalue weighted by atomic mass is 10.1. The van der Waals surface area contributed by atoms with E-state index in [0.717, 1.165) is 5.56 Å². The number of hydrogen-bond acceptors (Lipinski definition) is 4. The summed E-state index contributed by atoms with van der Waals surface area (Å²) in [5, 5.41) is 3.30.